The molecule has 0 aromatic heterocycles. The van der Waals surface area contributed by atoms with Crippen LogP contribution in [0.25, 0.3) is 0 Å². The van der Waals surface area contributed by atoms with Gasteiger partial charge in [-0.3, -0.25) is 5.84 Å². The Bertz CT molecular complexity index is 436. The largest absolute Gasteiger partial charge is 0.435 e. The second-order valence-electron chi connectivity index (χ2n) is 2.47. The summed E-state index contributed by atoms with van der Waals surface area (Å²) in [6, 6.07) is 4.62. The molecule has 0 bridgehead atoms. The number of nitrogens with two attached hydrogens (primary N) is 1. The van der Waals surface area contributed by atoms with Crippen LogP contribution < -0.4 is 15.4 Å². The third-order valence-corrected chi connectivity index (χ3v) is 2.68. The van der Waals surface area contributed by atoms with Crippen LogP contribution in [0, 0.1) is 0 Å². The molecular formula is C7H8F2N2O3S. The predicted molar refractivity (Wildman–Crippen MR) is 47.6 cm³/mol. The third-order valence-electron chi connectivity index (χ3n) is 1.50. The predicted octanol–water partition coefficient (Wildman–Crippen LogP) is 0.440. The number of rotatable bonds is 4. The van der Waals surface area contributed by atoms with Gasteiger partial charge in [0.25, 0.3) is 10.0 Å². The van der Waals surface area contributed by atoms with E-state index in [0.717, 1.165) is 6.07 Å². The van der Waals surface area contributed by atoms with E-state index in [1.54, 1.807) is 4.83 Å². The van der Waals surface area contributed by atoms with E-state index < -0.39 is 16.6 Å². The summed E-state index contributed by atoms with van der Waals surface area (Å²) < 4.78 is 50.0. The first-order valence-corrected chi connectivity index (χ1v) is 5.21. The van der Waals surface area contributed by atoms with Crippen LogP contribution in [0.5, 0.6) is 5.75 Å². The monoisotopic (exact) mass is 238 g/mol. The first-order chi connectivity index (χ1) is 6.95. The maximum absolute atomic E-state index is 11.8. The molecular weight excluding hydrogens is 230 g/mol. The van der Waals surface area contributed by atoms with E-state index in [0.29, 0.717) is 0 Å². The zero-order valence-corrected chi connectivity index (χ0v) is 8.17. The molecule has 0 atom stereocenters. The summed E-state index contributed by atoms with van der Waals surface area (Å²) in [6.45, 7) is -3.01. The van der Waals surface area contributed by atoms with Crippen LogP contribution in [-0.2, 0) is 10.0 Å². The van der Waals surface area contributed by atoms with Gasteiger partial charge in [-0.25, -0.2) is 8.42 Å². The van der Waals surface area contributed by atoms with Gasteiger partial charge in [0.2, 0.25) is 0 Å². The maximum atomic E-state index is 11.8. The van der Waals surface area contributed by atoms with E-state index in [-0.39, 0.29) is 10.6 Å². The van der Waals surface area contributed by atoms with Gasteiger partial charge < -0.3 is 4.74 Å². The van der Waals surface area contributed by atoms with E-state index in [1.165, 1.54) is 18.2 Å². The van der Waals surface area contributed by atoms with Gasteiger partial charge in [-0.15, -0.1) is 0 Å². The molecule has 84 valence electrons. The summed E-state index contributed by atoms with van der Waals surface area (Å²) in [5.74, 6) is 4.51. The Balaban J connectivity index is 3.03. The summed E-state index contributed by atoms with van der Waals surface area (Å²) >= 11 is 0. The van der Waals surface area contributed by atoms with E-state index in [9.17, 15) is 17.2 Å². The van der Waals surface area contributed by atoms with Crippen LogP contribution in [0.3, 0.4) is 0 Å². The fraction of sp³-hybridized carbons (Fsp3) is 0.143. The highest BCUT2D eigenvalue weighted by Crippen LogP contribution is 2.18. The number of benzene rings is 1. The van der Waals surface area contributed by atoms with Crippen LogP contribution in [-0.4, -0.2) is 15.0 Å². The number of alkyl halides is 2. The second kappa shape index (κ2) is 4.51. The maximum Gasteiger partial charge on any atom is 0.387 e. The Morgan fingerprint density at radius 3 is 2.60 bits per heavy atom. The Labute approximate surface area is 84.9 Å². The van der Waals surface area contributed by atoms with Gasteiger partial charge in [0, 0.05) is 6.07 Å². The van der Waals surface area contributed by atoms with Gasteiger partial charge in [0.1, 0.15) is 5.75 Å². The minimum absolute atomic E-state index is 0.247. The number of ether oxygens (including phenoxy) is 1. The lowest BCUT2D eigenvalue weighted by molar-refractivity contribution is -0.0499. The highest BCUT2D eigenvalue weighted by molar-refractivity contribution is 7.89. The molecule has 0 fully saturated rings. The minimum Gasteiger partial charge on any atom is -0.435 e. The van der Waals surface area contributed by atoms with Crippen molar-refractivity contribution < 1.29 is 21.9 Å². The van der Waals surface area contributed by atoms with Crippen molar-refractivity contribution >= 4 is 10.0 Å². The molecule has 15 heavy (non-hydrogen) atoms. The van der Waals surface area contributed by atoms with Crippen molar-refractivity contribution in [3.05, 3.63) is 24.3 Å². The molecule has 0 radical (unpaired) electrons. The molecule has 1 rings (SSSR count). The van der Waals surface area contributed by atoms with E-state index >= 15 is 0 Å². The third kappa shape index (κ3) is 3.11. The highest BCUT2D eigenvalue weighted by atomic mass is 32.2. The lowest BCUT2D eigenvalue weighted by atomic mass is 10.3. The summed E-state index contributed by atoms with van der Waals surface area (Å²) in [7, 11) is -3.85. The molecule has 1 aromatic rings. The summed E-state index contributed by atoms with van der Waals surface area (Å²) in [5.41, 5.74) is 0. The Morgan fingerprint density at radius 1 is 1.40 bits per heavy atom. The molecule has 1 aromatic carbocycles. The minimum atomic E-state index is -3.85. The summed E-state index contributed by atoms with van der Waals surface area (Å²) in [6.07, 6.45) is 0. The molecule has 0 aliphatic rings. The smallest absolute Gasteiger partial charge is 0.387 e. The van der Waals surface area contributed by atoms with Crippen LogP contribution >= 0.6 is 0 Å². The molecule has 0 aliphatic carbocycles. The van der Waals surface area contributed by atoms with Gasteiger partial charge in [-0.05, 0) is 12.1 Å². The Kier molecular flexibility index (Phi) is 3.56. The van der Waals surface area contributed by atoms with Gasteiger partial charge in [0.15, 0.2) is 0 Å². The molecule has 3 N–H and O–H groups in total. The molecule has 0 aliphatic heterocycles. The number of hydrogen-bond acceptors (Lipinski definition) is 4. The number of hydrazine groups is 1. The summed E-state index contributed by atoms with van der Waals surface area (Å²) in [5, 5.41) is 0. The average Bonchev–Trinajstić information content (AvgIpc) is 2.17. The van der Waals surface area contributed by atoms with E-state index in [1.807, 2.05) is 0 Å². The number of nitrogens with one attached hydrogen (secondary N) is 1. The average molecular weight is 238 g/mol. The first kappa shape index (κ1) is 11.8. The van der Waals surface area contributed by atoms with Gasteiger partial charge >= 0.3 is 6.61 Å². The quantitative estimate of drug-likeness (QED) is 0.589. The standard InChI is InChI=1S/C7H8F2N2O3S/c8-7(9)14-5-2-1-3-6(4-5)15(12,13)11-10/h1-4,7,11H,10H2. The lowest BCUT2D eigenvalue weighted by Gasteiger charge is -2.06. The molecule has 0 unspecified atom stereocenters. The van der Waals surface area contributed by atoms with Gasteiger partial charge in [-0.1, -0.05) is 6.07 Å². The molecule has 0 spiro atoms. The number of sulfonamides is 1. The zero-order valence-electron chi connectivity index (χ0n) is 7.35. The highest BCUT2D eigenvalue weighted by Gasteiger charge is 2.13. The van der Waals surface area contributed by atoms with Crippen molar-refractivity contribution in [2.45, 2.75) is 11.5 Å². The fourth-order valence-corrected chi connectivity index (χ4v) is 1.55. The van der Waals surface area contributed by atoms with E-state index in [4.69, 9.17) is 5.84 Å². The fourth-order valence-electron chi connectivity index (χ4n) is 0.886. The zero-order chi connectivity index (χ0) is 11.5. The number of halogens is 2. The molecule has 0 amide bonds. The topological polar surface area (TPSA) is 81.4 Å². The lowest BCUT2D eigenvalue weighted by Crippen LogP contribution is -2.30. The van der Waals surface area contributed by atoms with E-state index in [2.05, 4.69) is 4.74 Å². The van der Waals surface area contributed by atoms with Crippen molar-refractivity contribution in [2.75, 3.05) is 0 Å². The van der Waals surface area contributed by atoms with Gasteiger partial charge in [0.05, 0.1) is 4.90 Å². The Hall–Kier alpha value is -1.25. The Morgan fingerprint density at radius 2 is 2.07 bits per heavy atom. The molecule has 8 heteroatoms. The molecule has 0 saturated carbocycles. The molecule has 5 nitrogen and oxygen atoms in total. The molecule has 0 heterocycles. The first-order valence-electron chi connectivity index (χ1n) is 3.73. The van der Waals surface area contributed by atoms with Gasteiger partial charge in [-0.2, -0.15) is 13.6 Å². The van der Waals surface area contributed by atoms with Crippen LogP contribution in [0.2, 0.25) is 0 Å². The van der Waals surface area contributed by atoms with Crippen LogP contribution in [0.1, 0.15) is 0 Å². The van der Waals surface area contributed by atoms with Crippen molar-refractivity contribution in [3.63, 3.8) is 0 Å². The van der Waals surface area contributed by atoms with Crippen LogP contribution in [0.4, 0.5) is 8.78 Å². The number of hydrogen-bond donors (Lipinski definition) is 2. The second-order valence-corrected chi connectivity index (χ2v) is 4.19. The van der Waals surface area contributed by atoms with Crippen LogP contribution in [0.15, 0.2) is 29.2 Å². The molecule has 0 saturated heterocycles. The van der Waals surface area contributed by atoms with Crippen molar-refractivity contribution in [1.29, 1.82) is 0 Å². The van der Waals surface area contributed by atoms with Crippen molar-refractivity contribution in [3.8, 4) is 5.75 Å². The SMILES string of the molecule is NNS(=O)(=O)c1cccc(OC(F)F)c1. The summed E-state index contributed by atoms with van der Waals surface area (Å²) in [4.78, 5) is 1.32. The normalized spacial score (nSPS) is 11.7. The van der Waals surface area contributed by atoms with Crippen molar-refractivity contribution in [1.82, 2.24) is 4.83 Å². The van der Waals surface area contributed by atoms with Crippen molar-refractivity contribution in [2.24, 2.45) is 5.84 Å².